The molecule has 1 aliphatic heterocycles. The van der Waals surface area contributed by atoms with Crippen molar-refractivity contribution < 1.29 is 27.4 Å². The second kappa shape index (κ2) is 12.4. The molecule has 1 aromatic heterocycles. The van der Waals surface area contributed by atoms with Gasteiger partial charge in [0.25, 0.3) is 0 Å². The average Bonchev–Trinajstić information content (AvgIpc) is 3.26. The highest BCUT2D eigenvalue weighted by Crippen LogP contribution is 2.44. The summed E-state index contributed by atoms with van der Waals surface area (Å²) in [5, 5.41) is 0.782. The molecule has 0 radical (unpaired) electrons. The quantitative estimate of drug-likeness (QED) is 0.319. The second-order valence-electron chi connectivity index (χ2n) is 10.6. The number of fused-ring (bicyclic) bond motifs is 3. The number of halogens is 3. The minimum Gasteiger partial charge on any atom is -0.492 e. The van der Waals surface area contributed by atoms with Crippen LogP contribution in [0.4, 0.5) is 13.2 Å². The predicted octanol–water partition coefficient (Wildman–Crippen LogP) is 5.57. The van der Waals surface area contributed by atoms with Crippen molar-refractivity contribution in [3.05, 3.63) is 64.4 Å². The van der Waals surface area contributed by atoms with Gasteiger partial charge in [0.2, 0.25) is 0 Å². The highest BCUT2D eigenvalue weighted by molar-refractivity contribution is 5.85. The minimum atomic E-state index is -0.554. The van der Waals surface area contributed by atoms with Crippen LogP contribution < -0.4 is 4.74 Å². The van der Waals surface area contributed by atoms with Crippen LogP contribution in [0.2, 0.25) is 0 Å². The van der Waals surface area contributed by atoms with E-state index in [0.717, 1.165) is 22.2 Å². The van der Waals surface area contributed by atoms with Gasteiger partial charge >= 0.3 is 5.97 Å². The average molecular weight is 546 g/mol. The Balaban J connectivity index is 1.76. The number of aromatic nitrogens is 1. The van der Waals surface area contributed by atoms with Gasteiger partial charge in [0.15, 0.2) is 0 Å². The maximum absolute atomic E-state index is 15.8. The van der Waals surface area contributed by atoms with Gasteiger partial charge in [-0.2, -0.15) is 0 Å². The van der Waals surface area contributed by atoms with E-state index in [-0.39, 0.29) is 30.3 Å². The summed E-state index contributed by atoms with van der Waals surface area (Å²) in [5.41, 5.74) is 3.63. The smallest absolute Gasteiger partial charge is 0.309 e. The summed E-state index contributed by atoms with van der Waals surface area (Å²) in [5.74, 6) is -0.925. The number of likely N-dealkylation sites (N-methyl/N-ethyl adjacent to an activating group) is 1. The lowest BCUT2D eigenvalue weighted by Gasteiger charge is -2.42. The Bertz CT molecular complexity index is 1310. The van der Waals surface area contributed by atoms with Crippen LogP contribution in [-0.4, -0.2) is 73.9 Å². The monoisotopic (exact) mass is 545 g/mol. The highest BCUT2D eigenvalue weighted by Gasteiger charge is 2.39. The van der Waals surface area contributed by atoms with Crippen LogP contribution in [0.25, 0.3) is 10.9 Å². The van der Waals surface area contributed by atoms with E-state index in [1.54, 1.807) is 19.1 Å². The molecule has 0 bridgehead atoms. The van der Waals surface area contributed by atoms with Crippen molar-refractivity contribution in [2.75, 3.05) is 47.1 Å². The highest BCUT2D eigenvalue weighted by atomic mass is 19.1. The van der Waals surface area contributed by atoms with Crippen molar-refractivity contribution in [1.82, 2.24) is 14.8 Å². The van der Waals surface area contributed by atoms with Crippen molar-refractivity contribution in [1.29, 1.82) is 0 Å². The zero-order valence-corrected chi connectivity index (χ0v) is 23.3. The van der Waals surface area contributed by atoms with Crippen LogP contribution in [0.5, 0.6) is 5.75 Å². The Labute approximate surface area is 228 Å². The Morgan fingerprint density at radius 1 is 1.23 bits per heavy atom. The van der Waals surface area contributed by atoms with E-state index in [9.17, 15) is 13.6 Å². The molecular formula is C30H38F3N3O3. The number of alkyl halides is 1. The number of aromatic amines is 1. The van der Waals surface area contributed by atoms with Crippen LogP contribution >= 0.6 is 0 Å². The molecule has 0 saturated heterocycles. The fraction of sp³-hybridized carbons (Fsp3) is 0.500. The molecule has 0 unspecified atom stereocenters. The molecule has 9 heteroatoms. The third kappa shape index (κ3) is 6.09. The van der Waals surface area contributed by atoms with Gasteiger partial charge in [-0.25, -0.2) is 8.78 Å². The van der Waals surface area contributed by atoms with Gasteiger partial charge in [0, 0.05) is 47.8 Å². The van der Waals surface area contributed by atoms with Gasteiger partial charge < -0.3 is 19.4 Å². The fourth-order valence-electron chi connectivity index (χ4n) is 5.63. The topological polar surface area (TPSA) is 57.8 Å². The second-order valence-corrected chi connectivity index (χ2v) is 10.6. The van der Waals surface area contributed by atoms with Crippen LogP contribution in [0, 0.1) is 24.5 Å². The number of carbonyl (C=O) groups is 1. The first-order valence-corrected chi connectivity index (χ1v) is 13.5. The molecule has 39 heavy (non-hydrogen) atoms. The first kappa shape index (κ1) is 29.0. The molecule has 4 rings (SSSR count). The molecule has 0 spiro atoms. The molecule has 2 heterocycles. The molecule has 3 aromatic rings. The van der Waals surface area contributed by atoms with Crippen LogP contribution in [-0.2, 0) is 16.0 Å². The lowest BCUT2D eigenvalue weighted by Crippen LogP contribution is -2.46. The van der Waals surface area contributed by atoms with Gasteiger partial charge in [-0.15, -0.1) is 0 Å². The molecule has 2 aromatic carbocycles. The van der Waals surface area contributed by atoms with Crippen molar-refractivity contribution in [3.63, 3.8) is 0 Å². The van der Waals surface area contributed by atoms with Crippen molar-refractivity contribution >= 4 is 16.9 Å². The third-order valence-corrected chi connectivity index (χ3v) is 7.75. The summed E-state index contributed by atoms with van der Waals surface area (Å²) in [6.07, 6.45) is 1.08. The number of esters is 1. The summed E-state index contributed by atoms with van der Waals surface area (Å²) in [4.78, 5) is 19.9. The SMILES string of the molecule is COC(=O)[C@H](C)CN1[C@H](c2c(F)ccc(OCCN(C)CCCF)c2C)c2[nH]c3ccc(F)cc3c2C[C@H]1C. The van der Waals surface area contributed by atoms with Gasteiger partial charge in [-0.05, 0) is 75.2 Å². The lowest BCUT2D eigenvalue weighted by molar-refractivity contribution is -0.145. The number of H-pyrrole nitrogens is 1. The van der Waals surface area contributed by atoms with E-state index in [1.165, 1.54) is 25.3 Å². The maximum Gasteiger partial charge on any atom is 0.309 e. The Morgan fingerprint density at radius 2 is 2.00 bits per heavy atom. The molecular weight excluding hydrogens is 507 g/mol. The van der Waals surface area contributed by atoms with Crippen LogP contribution in [0.15, 0.2) is 30.3 Å². The number of nitrogens with zero attached hydrogens (tertiary/aromatic N) is 2. The zero-order valence-electron chi connectivity index (χ0n) is 23.3. The molecule has 0 aliphatic carbocycles. The van der Waals surface area contributed by atoms with E-state index < -0.39 is 12.0 Å². The molecule has 0 saturated carbocycles. The number of methoxy groups -OCH3 is 1. The standard InChI is InChI=1S/C30H38F3N3O3/c1-18(30(37)38-5)17-36-19(2)15-23-22-16-21(32)7-9-25(22)34-28(23)29(36)27-20(3)26(10-8-24(27)33)39-14-13-35(4)12-6-11-31/h7-10,16,18-19,29,34H,6,11-15,17H2,1-5H3/t18-,19-,29-/m1/s1. The molecule has 212 valence electrons. The molecule has 6 nitrogen and oxygen atoms in total. The molecule has 1 N–H and O–H groups in total. The Hall–Kier alpha value is -3.04. The van der Waals surface area contributed by atoms with Crippen molar-refractivity contribution in [3.8, 4) is 5.75 Å². The Morgan fingerprint density at radius 3 is 2.72 bits per heavy atom. The van der Waals surface area contributed by atoms with Gasteiger partial charge in [0.05, 0.1) is 25.7 Å². The molecule has 3 atom stereocenters. The number of carbonyl (C=O) groups excluding carboxylic acids is 1. The first-order valence-electron chi connectivity index (χ1n) is 13.5. The normalized spacial score (nSPS) is 18.4. The van der Waals surface area contributed by atoms with E-state index in [0.29, 0.717) is 56.0 Å². The fourth-order valence-corrected chi connectivity index (χ4v) is 5.63. The van der Waals surface area contributed by atoms with E-state index in [2.05, 4.69) is 9.88 Å². The minimum absolute atomic E-state index is 0.0654. The van der Waals surface area contributed by atoms with Gasteiger partial charge in [-0.3, -0.25) is 14.1 Å². The Kier molecular flexibility index (Phi) is 9.23. The predicted molar refractivity (Wildman–Crippen MR) is 146 cm³/mol. The molecule has 0 amide bonds. The summed E-state index contributed by atoms with van der Waals surface area (Å²) >= 11 is 0. The first-order chi connectivity index (χ1) is 18.7. The number of hydrogen-bond acceptors (Lipinski definition) is 5. The summed E-state index contributed by atoms with van der Waals surface area (Å²) in [6, 6.07) is 7.05. The number of rotatable bonds is 11. The number of nitrogens with one attached hydrogen (secondary N) is 1. The van der Waals surface area contributed by atoms with Gasteiger partial charge in [0.1, 0.15) is 24.0 Å². The van der Waals surface area contributed by atoms with Gasteiger partial charge in [-0.1, -0.05) is 6.92 Å². The van der Waals surface area contributed by atoms with Crippen molar-refractivity contribution in [2.45, 2.75) is 45.7 Å². The zero-order chi connectivity index (χ0) is 28.3. The van der Waals surface area contributed by atoms with E-state index >= 15 is 4.39 Å². The summed E-state index contributed by atoms with van der Waals surface area (Å²) < 4.78 is 53.6. The van der Waals surface area contributed by atoms with Crippen molar-refractivity contribution in [2.24, 2.45) is 5.92 Å². The summed E-state index contributed by atoms with van der Waals surface area (Å²) in [7, 11) is 3.27. The number of ether oxygens (including phenoxy) is 2. The number of hydrogen-bond donors (Lipinski definition) is 1. The van der Waals surface area contributed by atoms with E-state index in [1.807, 2.05) is 25.8 Å². The van der Waals surface area contributed by atoms with Crippen LogP contribution in [0.1, 0.15) is 48.7 Å². The maximum atomic E-state index is 15.8. The molecule has 1 aliphatic rings. The van der Waals surface area contributed by atoms with E-state index in [4.69, 9.17) is 9.47 Å². The summed E-state index contributed by atoms with van der Waals surface area (Å²) in [6.45, 7) is 7.27. The number of benzene rings is 2. The largest absolute Gasteiger partial charge is 0.492 e. The van der Waals surface area contributed by atoms with Crippen LogP contribution in [0.3, 0.4) is 0 Å². The molecule has 0 fully saturated rings. The lowest BCUT2D eigenvalue weighted by atomic mass is 9.85. The third-order valence-electron chi connectivity index (χ3n) is 7.75.